The van der Waals surface area contributed by atoms with Crippen molar-refractivity contribution in [3.63, 3.8) is 0 Å². The average Bonchev–Trinajstić information content (AvgIpc) is 2.59. The quantitative estimate of drug-likeness (QED) is 0.861. The van der Waals surface area contributed by atoms with Crippen molar-refractivity contribution < 1.29 is 4.42 Å². The monoisotopic (exact) mass is 282 g/mol. The highest BCUT2D eigenvalue weighted by molar-refractivity contribution is 9.10. The molecule has 0 fully saturated rings. The van der Waals surface area contributed by atoms with Gasteiger partial charge >= 0.3 is 0 Å². The van der Waals surface area contributed by atoms with Crippen LogP contribution in [0.3, 0.4) is 0 Å². The van der Waals surface area contributed by atoms with Gasteiger partial charge in [0.05, 0.1) is 4.47 Å². The molecule has 1 N–H and O–H groups in total. The predicted molar refractivity (Wildman–Crippen MR) is 70.0 cm³/mol. The van der Waals surface area contributed by atoms with E-state index in [-0.39, 0.29) is 5.41 Å². The highest BCUT2D eigenvalue weighted by atomic mass is 79.9. The van der Waals surface area contributed by atoms with Crippen molar-refractivity contribution in [2.45, 2.75) is 26.2 Å². The summed E-state index contributed by atoms with van der Waals surface area (Å²) in [5.74, 6) is 0. The molecular weight excluding hydrogens is 268 g/mol. The number of aromatic nitrogens is 1. The Morgan fingerprint density at radius 1 is 1.31 bits per heavy atom. The summed E-state index contributed by atoms with van der Waals surface area (Å²) >= 11 is 3.52. The van der Waals surface area contributed by atoms with E-state index in [9.17, 15) is 0 Å². The van der Waals surface area contributed by atoms with E-state index in [1.54, 1.807) is 7.05 Å². The fourth-order valence-corrected chi connectivity index (χ4v) is 2.06. The van der Waals surface area contributed by atoms with E-state index in [1.165, 1.54) is 5.56 Å². The van der Waals surface area contributed by atoms with Crippen molar-refractivity contribution in [1.29, 1.82) is 0 Å². The second-order valence-corrected chi connectivity index (χ2v) is 5.68. The Balaban J connectivity index is 2.67. The largest absolute Gasteiger partial charge is 0.422 e. The van der Waals surface area contributed by atoms with E-state index in [2.05, 4.69) is 59.1 Å². The first-order valence-corrected chi connectivity index (χ1v) is 5.99. The number of oxazole rings is 1. The van der Waals surface area contributed by atoms with Crippen LogP contribution in [-0.2, 0) is 5.41 Å². The minimum absolute atomic E-state index is 0.107. The summed E-state index contributed by atoms with van der Waals surface area (Å²) in [6.45, 7) is 6.54. The minimum Gasteiger partial charge on any atom is -0.422 e. The fraction of sp³-hybridized carbons (Fsp3) is 0.417. The lowest BCUT2D eigenvalue weighted by atomic mass is 9.87. The van der Waals surface area contributed by atoms with Crippen LogP contribution in [0.25, 0.3) is 11.1 Å². The lowest BCUT2D eigenvalue weighted by Gasteiger charge is -2.18. The van der Waals surface area contributed by atoms with Gasteiger partial charge < -0.3 is 9.73 Å². The zero-order valence-corrected chi connectivity index (χ0v) is 11.5. The van der Waals surface area contributed by atoms with Gasteiger partial charge in [-0.25, -0.2) is 0 Å². The molecule has 0 aliphatic rings. The third-order valence-electron chi connectivity index (χ3n) is 2.52. The Bertz CT molecular complexity index is 526. The number of hydrogen-bond donors (Lipinski definition) is 1. The number of nitrogens with zero attached hydrogens (tertiary/aromatic N) is 1. The number of anilines is 1. The van der Waals surface area contributed by atoms with Crippen LogP contribution in [0.1, 0.15) is 26.3 Å². The predicted octanol–water partition coefficient (Wildman–Crippen LogP) is 3.93. The van der Waals surface area contributed by atoms with E-state index in [0.717, 1.165) is 15.6 Å². The summed E-state index contributed by atoms with van der Waals surface area (Å²) in [5, 5.41) is 2.90. The summed E-state index contributed by atoms with van der Waals surface area (Å²) in [4.78, 5) is 4.36. The highest BCUT2D eigenvalue weighted by Gasteiger charge is 2.18. The van der Waals surface area contributed by atoms with Crippen LogP contribution in [-0.4, -0.2) is 12.0 Å². The Morgan fingerprint density at radius 2 is 2.00 bits per heavy atom. The molecule has 1 aromatic heterocycles. The van der Waals surface area contributed by atoms with Gasteiger partial charge in [0.2, 0.25) is 0 Å². The second-order valence-electron chi connectivity index (χ2n) is 4.83. The summed E-state index contributed by atoms with van der Waals surface area (Å²) in [6.07, 6.45) is 0. The first-order valence-electron chi connectivity index (χ1n) is 5.20. The van der Waals surface area contributed by atoms with Crippen molar-refractivity contribution in [3.05, 3.63) is 22.2 Å². The zero-order chi connectivity index (χ0) is 11.9. The van der Waals surface area contributed by atoms with E-state index >= 15 is 0 Å². The van der Waals surface area contributed by atoms with Crippen molar-refractivity contribution in [2.75, 3.05) is 12.4 Å². The fourth-order valence-electron chi connectivity index (χ4n) is 1.53. The van der Waals surface area contributed by atoms with Crippen molar-refractivity contribution in [3.8, 4) is 0 Å². The standard InChI is InChI=1S/C12H15BrN2O/c1-12(2,3)7-5-8(13)10-9(6-7)15-11(14-4)16-10/h5-6H,1-4H3,(H,14,15). The van der Waals surface area contributed by atoms with Gasteiger partial charge in [-0.15, -0.1) is 0 Å². The molecule has 2 rings (SSSR count). The molecule has 0 amide bonds. The Morgan fingerprint density at radius 3 is 2.56 bits per heavy atom. The smallest absolute Gasteiger partial charge is 0.295 e. The lowest BCUT2D eigenvalue weighted by Crippen LogP contribution is -2.10. The Hall–Kier alpha value is -1.03. The first kappa shape index (κ1) is 11.5. The van der Waals surface area contributed by atoms with Gasteiger partial charge in [0, 0.05) is 7.05 Å². The van der Waals surface area contributed by atoms with E-state index in [0.29, 0.717) is 6.01 Å². The van der Waals surface area contributed by atoms with E-state index < -0.39 is 0 Å². The number of rotatable bonds is 1. The lowest BCUT2D eigenvalue weighted by molar-refractivity contribution is 0.589. The van der Waals surface area contributed by atoms with Crippen LogP contribution < -0.4 is 5.32 Å². The molecule has 86 valence electrons. The zero-order valence-electron chi connectivity index (χ0n) is 9.89. The van der Waals surface area contributed by atoms with Gasteiger partial charge in [0.25, 0.3) is 6.01 Å². The molecule has 4 heteroatoms. The molecule has 0 bridgehead atoms. The average molecular weight is 283 g/mol. The van der Waals surface area contributed by atoms with Gasteiger partial charge in [0.15, 0.2) is 5.58 Å². The molecule has 0 atom stereocenters. The molecule has 0 radical (unpaired) electrons. The topological polar surface area (TPSA) is 38.1 Å². The SMILES string of the molecule is CNc1nc2cc(C(C)(C)C)cc(Br)c2o1. The normalized spacial score (nSPS) is 12.1. The molecular formula is C12H15BrN2O. The van der Waals surface area contributed by atoms with Gasteiger partial charge in [-0.3, -0.25) is 0 Å². The summed E-state index contributed by atoms with van der Waals surface area (Å²) in [5.41, 5.74) is 3.01. The molecule has 0 saturated heterocycles. The molecule has 0 spiro atoms. The highest BCUT2D eigenvalue weighted by Crippen LogP contribution is 2.32. The molecule has 1 aromatic carbocycles. The maximum atomic E-state index is 5.55. The number of nitrogens with one attached hydrogen (secondary N) is 1. The Labute approximate surface area is 103 Å². The van der Waals surface area contributed by atoms with Crippen LogP contribution in [0.15, 0.2) is 21.0 Å². The number of halogens is 1. The number of hydrogen-bond acceptors (Lipinski definition) is 3. The van der Waals surface area contributed by atoms with Crippen LogP contribution in [0.2, 0.25) is 0 Å². The number of benzene rings is 1. The molecule has 0 aliphatic heterocycles. The maximum absolute atomic E-state index is 5.55. The summed E-state index contributed by atoms with van der Waals surface area (Å²) in [6, 6.07) is 4.71. The summed E-state index contributed by atoms with van der Waals surface area (Å²) < 4.78 is 6.49. The van der Waals surface area contributed by atoms with Crippen LogP contribution in [0.5, 0.6) is 0 Å². The molecule has 0 aliphatic carbocycles. The molecule has 1 heterocycles. The van der Waals surface area contributed by atoms with Crippen molar-refractivity contribution >= 4 is 33.0 Å². The van der Waals surface area contributed by atoms with E-state index in [4.69, 9.17) is 4.42 Å². The van der Waals surface area contributed by atoms with Crippen LogP contribution in [0.4, 0.5) is 6.01 Å². The maximum Gasteiger partial charge on any atom is 0.295 e. The molecule has 0 saturated carbocycles. The van der Waals surface area contributed by atoms with E-state index in [1.807, 2.05) is 0 Å². The van der Waals surface area contributed by atoms with Gasteiger partial charge in [-0.1, -0.05) is 20.8 Å². The molecule has 0 unspecified atom stereocenters. The third kappa shape index (κ3) is 1.94. The molecule has 16 heavy (non-hydrogen) atoms. The number of fused-ring (bicyclic) bond motifs is 1. The van der Waals surface area contributed by atoms with Crippen LogP contribution >= 0.6 is 15.9 Å². The van der Waals surface area contributed by atoms with Crippen molar-refractivity contribution in [1.82, 2.24) is 4.98 Å². The molecule has 2 aromatic rings. The van der Waals surface area contributed by atoms with Crippen LogP contribution in [0, 0.1) is 0 Å². The van der Waals surface area contributed by atoms with Crippen molar-refractivity contribution in [2.24, 2.45) is 0 Å². The van der Waals surface area contributed by atoms with Gasteiger partial charge in [-0.05, 0) is 39.0 Å². The van der Waals surface area contributed by atoms with Gasteiger partial charge in [0.1, 0.15) is 5.52 Å². The molecule has 3 nitrogen and oxygen atoms in total. The second kappa shape index (κ2) is 3.77. The van der Waals surface area contributed by atoms with Gasteiger partial charge in [-0.2, -0.15) is 4.98 Å². The third-order valence-corrected chi connectivity index (χ3v) is 3.11. The summed E-state index contributed by atoms with van der Waals surface area (Å²) in [7, 11) is 1.79. The minimum atomic E-state index is 0.107. The first-order chi connectivity index (χ1) is 7.41. The Kier molecular flexibility index (Phi) is 2.70.